The Balaban J connectivity index is 4.05. The highest BCUT2D eigenvalue weighted by molar-refractivity contribution is 5.88. The maximum absolute atomic E-state index is 10.7. The molecule has 0 saturated carbocycles. The summed E-state index contributed by atoms with van der Waals surface area (Å²) >= 11 is 0. The summed E-state index contributed by atoms with van der Waals surface area (Å²) in [6.07, 6.45) is 2.07. The van der Waals surface area contributed by atoms with Crippen molar-refractivity contribution in [3.63, 3.8) is 0 Å². The van der Waals surface area contributed by atoms with Gasteiger partial charge in [0.2, 0.25) is 0 Å². The van der Waals surface area contributed by atoms with E-state index in [9.17, 15) is 9.59 Å². The number of aliphatic carboxylic acids is 2. The number of aliphatic imine (C=N–C) groups is 1. The molecule has 0 radical (unpaired) electrons. The molecule has 0 rings (SSSR count). The highest BCUT2D eigenvalue weighted by Crippen LogP contribution is 2.07. The highest BCUT2D eigenvalue weighted by atomic mass is 16.4. The third kappa shape index (κ3) is 7.66. The molecule has 0 aromatic heterocycles. The van der Waals surface area contributed by atoms with E-state index in [0.29, 0.717) is 12.8 Å². The molecule has 0 aromatic rings. The first kappa shape index (κ1) is 13.6. The number of carboxylic acids is 2. The molecular formula is C10H17NO4. The van der Waals surface area contributed by atoms with Crippen LogP contribution in [0, 0.1) is 5.92 Å². The smallest absolute Gasteiger partial charge is 0.311 e. The number of carboxylic acid groups (broad SMARTS) is 2. The van der Waals surface area contributed by atoms with Crippen LogP contribution in [0.2, 0.25) is 0 Å². The molecule has 0 saturated heterocycles. The van der Waals surface area contributed by atoms with Crippen molar-refractivity contribution in [2.24, 2.45) is 10.9 Å². The number of nitrogens with zero attached hydrogens (tertiary/aromatic N) is 1. The molecule has 2 N–H and O–H groups in total. The fourth-order valence-corrected chi connectivity index (χ4v) is 1.01. The van der Waals surface area contributed by atoms with Gasteiger partial charge in [-0.25, -0.2) is 0 Å². The van der Waals surface area contributed by atoms with Crippen LogP contribution < -0.4 is 0 Å². The Morgan fingerprint density at radius 3 is 2.33 bits per heavy atom. The van der Waals surface area contributed by atoms with Gasteiger partial charge in [0.15, 0.2) is 0 Å². The maximum atomic E-state index is 10.7. The lowest BCUT2D eigenvalue weighted by atomic mass is 10.0. The summed E-state index contributed by atoms with van der Waals surface area (Å²) in [6, 6.07) is 0.0614. The Morgan fingerprint density at radius 1 is 1.33 bits per heavy atom. The lowest BCUT2D eigenvalue weighted by Crippen LogP contribution is -2.16. The lowest BCUT2D eigenvalue weighted by molar-refractivity contribution is -0.140. The van der Waals surface area contributed by atoms with E-state index in [-0.39, 0.29) is 12.5 Å². The van der Waals surface area contributed by atoms with E-state index in [4.69, 9.17) is 10.2 Å². The van der Waals surface area contributed by atoms with E-state index in [2.05, 4.69) is 4.99 Å². The fourth-order valence-electron chi connectivity index (χ4n) is 1.01. The van der Waals surface area contributed by atoms with Gasteiger partial charge >= 0.3 is 11.9 Å². The van der Waals surface area contributed by atoms with Gasteiger partial charge in [-0.3, -0.25) is 14.6 Å². The Bertz CT molecular complexity index is 248. The van der Waals surface area contributed by atoms with Crippen LogP contribution in [-0.4, -0.2) is 34.4 Å². The van der Waals surface area contributed by atoms with Crippen molar-refractivity contribution in [3.05, 3.63) is 0 Å². The number of hydrogen-bond acceptors (Lipinski definition) is 3. The van der Waals surface area contributed by atoms with Gasteiger partial charge in [0.25, 0.3) is 0 Å². The second-order valence-corrected chi connectivity index (χ2v) is 3.62. The minimum Gasteiger partial charge on any atom is -0.481 e. The topological polar surface area (TPSA) is 87.0 Å². The van der Waals surface area contributed by atoms with Gasteiger partial charge in [-0.2, -0.15) is 0 Å². The van der Waals surface area contributed by atoms with Gasteiger partial charge in [0.05, 0.1) is 5.92 Å². The van der Waals surface area contributed by atoms with Crippen molar-refractivity contribution in [2.45, 2.75) is 39.2 Å². The Morgan fingerprint density at radius 2 is 1.93 bits per heavy atom. The first-order valence-corrected chi connectivity index (χ1v) is 4.91. The van der Waals surface area contributed by atoms with Crippen LogP contribution in [0.15, 0.2) is 4.99 Å². The molecule has 0 heterocycles. The van der Waals surface area contributed by atoms with Crippen molar-refractivity contribution < 1.29 is 19.8 Å². The average Bonchev–Trinajstić information content (AvgIpc) is 2.09. The van der Waals surface area contributed by atoms with Crippen molar-refractivity contribution in [3.8, 4) is 0 Å². The van der Waals surface area contributed by atoms with Gasteiger partial charge in [-0.05, 0) is 26.7 Å². The van der Waals surface area contributed by atoms with Crippen molar-refractivity contribution >= 4 is 18.2 Å². The molecule has 1 atom stereocenters. The molecule has 5 heteroatoms. The molecular weight excluding hydrogens is 198 g/mol. The van der Waals surface area contributed by atoms with Gasteiger partial charge in [-0.15, -0.1) is 0 Å². The molecule has 0 aliphatic carbocycles. The minimum atomic E-state index is -0.954. The summed E-state index contributed by atoms with van der Waals surface area (Å²) in [5.41, 5.74) is 0. The molecule has 0 fully saturated rings. The van der Waals surface area contributed by atoms with Gasteiger partial charge in [-0.1, -0.05) is 0 Å². The second kappa shape index (κ2) is 6.98. The first-order chi connectivity index (χ1) is 6.93. The van der Waals surface area contributed by atoms with Crippen LogP contribution >= 0.6 is 0 Å². The molecule has 0 aliphatic rings. The van der Waals surface area contributed by atoms with Crippen LogP contribution in [0.3, 0.4) is 0 Å². The monoisotopic (exact) mass is 215 g/mol. The zero-order chi connectivity index (χ0) is 11.8. The summed E-state index contributed by atoms with van der Waals surface area (Å²) in [5, 5.41) is 17.2. The standard InChI is InChI=1S/C10H17NO4/c1-7(2)11-6-8(10(14)15)4-3-5-9(12)13/h6-8H,3-5H2,1-2H3,(H,12,13)(H,14,15). The van der Waals surface area contributed by atoms with Crippen LogP contribution in [0.1, 0.15) is 33.1 Å². The van der Waals surface area contributed by atoms with E-state index < -0.39 is 17.9 Å². The van der Waals surface area contributed by atoms with E-state index >= 15 is 0 Å². The molecule has 15 heavy (non-hydrogen) atoms. The Labute approximate surface area is 88.8 Å². The van der Waals surface area contributed by atoms with Gasteiger partial charge < -0.3 is 10.2 Å². The van der Waals surface area contributed by atoms with Crippen molar-refractivity contribution in [2.75, 3.05) is 0 Å². The first-order valence-electron chi connectivity index (χ1n) is 4.91. The SMILES string of the molecule is CC(C)N=CC(CCCC(=O)O)C(=O)O. The summed E-state index contributed by atoms with van der Waals surface area (Å²) in [4.78, 5) is 25.0. The fraction of sp³-hybridized carbons (Fsp3) is 0.700. The highest BCUT2D eigenvalue weighted by Gasteiger charge is 2.15. The zero-order valence-electron chi connectivity index (χ0n) is 9.01. The van der Waals surface area contributed by atoms with E-state index in [1.54, 1.807) is 0 Å². The van der Waals surface area contributed by atoms with Gasteiger partial charge in [0.1, 0.15) is 0 Å². The van der Waals surface area contributed by atoms with Crippen LogP contribution in [0.5, 0.6) is 0 Å². The quantitative estimate of drug-likeness (QED) is 0.629. The summed E-state index contributed by atoms with van der Waals surface area (Å²) in [6.45, 7) is 3.71. The normalized spacial score (nSPS) is 13.3. The average molecular weight is 215 g/mol. The van der Waals surface area contributed by atoms with Gasteiger partial charge in [0, 0.05) is 18.7 Å². The van der Waals surface area contributed by atoms with Crippen molar-refractivity contribution in [1.82, 2.24) is 0 Å². The Hall–Kier alpha value is -1.39. The molecule has 0 aliphatic heterocycles. The predicted molar refractivity (Wildman–Crippen MR) is 56.2 cm³/mol. The molecule has 0 amide bonds. The number of rotatable bonds is 7. The third-order valence-electron chi connectivity index (χ3n) is 1.79. The van der Waals surface area contributed by atoms with Crippen LogP contribution in [-0.2, 0) is 9.59 Å². The molecule has 86 valence electrons. The molecule has 1 unspecified atom stereocenters. The Kier molecular flexibility index (Phi) is 6.33. The molecule has 0 aromatic carbocycles. The van der Waals surface area contributed by atoms with Crippen LogP contribution in [0.25, 0.3) is 0 Å². The van der Waals surface area contributed by atoms with Crippen molar-refractivity contribution in [1.29, 1.82) is 0 Å². The third-order valence-corrected chi connectivity index (χ3v) is 1.79. The largest absolute Gasteiger partial charge is 0.481 e. The number of hydrogen-bond donors (Lipinski definition) is 2. The summed E-state index contributed by atoms with van der Waals surface area (Å²) in [5.74, 6) is -2.53. The number of carbonyl (C=O) groups is 2. The van der Waals surface area contributed by atoms with Crippen LogP contribution in [0.4, 0.5) is 0 Å². The second-order valence-electron chi connectivity index (χ2n) is 3.62. The van der Waals surface area contributed by atoms with E-state index in [1.807, 2.05) is 13.8 Å². The summed E-state index contributed by atoms with van der Waals surface area (Å²) in [7, 11) is 0. The molecule has 5 nitrogen and oxygen atoms in total. The molecule has 0 spiro atoms. The zero-order valence-corrected chi connectivity index (χ0v) is 9.01. The maximum Gasteiger partial charge on any atom is 0.311 e. The van der Waals surface area contributed by atoms with E-state index in [0.717, 1.165) is 0 Å². The van der Waals surface area contributed by atoms with E-state index in [1.165, 1.54) is 6.21 Å². The molecule has 0 bridgehead atoms. The lowest BCUT2D eigenvalue weighted by Gasteiger charge is -2.06. The predicted octanol–water partition coefficient (Wildman–Crippen LogP) is 1.42. The summed E-state index contributed by atoms with van der Waals surface area (Å²) < 4.78 is 0. The minimum absolute atomic E-state index is 0.000696.